The largest absolute Gasteiger partial charge is 0.256 e. The molecule has 0 N–H and O–H groups in total. The van der Waals surface area contributed by atoms with Crippen molar-refractivity contribution in [2.24, 2.45) is 0 Å². The van der Waals surface area contributed by atoms with Crippen LogP contribution in [0.2, 0.25) is 0 Å². The van der Waals surface area contributed by atoms with Crippen molar-refractivity contribution in [1.29, 1.82) is 0 Å². The molecule has 0 unspecified atom stereocenters. The number of nitrogens with zero attached hydrogens (tertiary/aromatic N) is 3. The SMILES string of the molecule is c1cnc2cc3ccc4cc(-c5cnc6c(ccc7c6ccc6c(-c8ccc9c(ccc%10ccc%11ccccc%11c%109)c8)ccnc67)c5)ccc4c3cc2c1. The predicted molar refractivity (Wildman–Crippen MR) is 228 cm³/mol. The average Bonchev–Trinajstić information content (AvgIpc) is 3.24. The second kappa shape index (κ2) is 11.1. The van der Waals surface area contributed by atoms with Crippen LogP contribution in [0.3, 0.4) is 0 Å². The molecule has 3 nitrogen and oxygen atoms in total. The first kappa shape index (κ1) is 29.4. The van der Waals surface area contributed by atoms with Gasteiger partial charge in [0.2, 0.25) is 0 Å². The van der Waals surface area contributed by atoms with Gasteiger partial charge in [0.15, 0.2) is 0 Å². The van der Waals surface area contributed by atoms with Gasteiger partial charge in [-0.1, -0.05) is 115 Å². The molecule has 0 amide bonds. The van der Waals surface area contributed by atoms with Gasteiger partial charge in [0, 0.05) is 51.1 Å². The molecule has 0 spiro atoms. The van der Waals surface area contributed by atoms with Gasteiger partial charge in [-0.2, -0.15) is 0 Å². The van der Waals surface area contributed by atoms with Gasteiger partial charge in [0.1, 0.15) is 0 Å². The molecule has 3 heterocycles. The minimum Gasteiger partial charge on any atom is -0.256 e. The van der Waals surface area contributed by atoms with Crippen LogP contribution in [0, 0.1) is 0 Å². The summed E-state index contributed by atoms with van der Waals surface area (Å²) < 4.78 is 0. The van der Waals surface area contributed by atoms with Gasteiger partial charge < -0.3 is 0 Å². The van der Waals surface area contributed by atoms with Gasteiger partial charge in [-0.15, -0.1) is 0 Å². The number of pyridine rings is 3. The zero-order chi connectivity index (χ0) is 35.3. The Bertz CT molecular complexity index is 3570. The van der Waals surface area contributed by atoms with E-state index < -0.39 is 0 Å². The van der Waals surface area contributed by atoms with Gasteiger partial charge >= 0.3 is 0 Å². The van der Waals surface area contributed by atoms with Crippen molar-refractivity contribution in [3.63, 3.8) is 0 Å². The summed E-state index contributed by atoms with van der Waals surface area (Å²) in [5, 5.41) is 18.2. The first-order valence-corrected chi connectivity index (χ1v) is 18.4. The summed E-state index contributed by atoms with van der Waals surface area (Å²) in [5.41, 5.74) is 7.62. The molecule has 9 aromatic carbocycles. The summed E-state index contributed by atoms with van der Waals surface area (Å²) in [6.45, 7) is 0. The number of rotatable bonds is 2. The normalized spacial score (nSPS) is 12.1. The van der Waals surface area contributed by atoms with Crippen LogP contribution in [0.15, 0.2) is 176 Å². The molecule has 3 heteroatoms. The molecule has 12 rings (SSSR count). The monoisotopic (exact) mass is 683 g/mol. The second-order valence-electron chi connectivity index (χ2n) is 14.4. The van der Waals surface area contributed by atoms with Gasteiger partial charge in [-0.05, 0) is 113 Å². The standard InChI is InChI=1S/C51H29N3/c1-2-6-42-30(4-1)7-8-31-9-10-35-25-34(14-17-43(35)49(31)42)41-21-23-53-51-44(41)19-20-45-46(51)18-15-38-26-39(29-54-50(38)45)32-13-16-40-33(24-32)11-12-36-28-48-37(27-47(36)40)5-3-22-52-48/h1-29H. The highest BCUT2D eigenvalue weighted by atomic mass is 14.7. The fourth-order valence-electron chi connectivity index (χ4n) is 8.85. The summed E-state index contributed by atoms with van der Waals surface area (Å²) in [4.78, 5) is 14.6. The van der Waals surface area contributed by atoms with Gasteiger partial charge in [0.25, 0.3) is 0 Å². The topological polar surface area (TPSA) is 38.7 Å². The van der Waals surface area contributed by atoms with Crippen LogP contribution in [0.5, 0.6) is 0 Å². The van der Waals surface area contributed by atoms with Crippen LogP contribution in [0.1, 0.15) is 0 Å². The molecule has 0 fully saturated rings. The zero-order valence-corrected chi connectivity index (χ0v) is 29.1. The predicted octanol–water partition coefficient (Wildman–Crippen LogP) is 13.6. The van der Waals surface area contributed by atoms with Gasteiger partial charge in [-0.25, -0.2) is 0 Å². The van der Waals surface area contributed by atoms with Crippen molar-refractivity contribution in [1.82, 2.24) is 15.0 Å². The van der Waals surface area contributed by atoms with E-state index in [1.54, 1.807) is 0 Å². The Hall–Kier alpha value is -7.23. The van der Waals surface area contributed by atoms with E-state index in [0.717, 1.165) is 54.6 Å². The fourth-order valence-corrected chi connectivity index (χ4v) is 8.85. The van der Waals surface area contributed by atoms with Crippen molar-refractivity contribution in [2.75, 3.05) is 0 Å². The van der Waals surface area contributed by atoms with Crippen molar-refractivity contribution < 1.29 is 0 Å². The molecule has 0 aliphatic carbocycles. The van der Waals surface area contributed by atoms with E-state index in [4.69, 9.17) is 9.97 Å². The maximum absolute atomic E-state index is 5.08. The number of hydrogen-bond donors (Lipinski definition) is 0. The summed E-state index contributed by atoms with van der Waals surface area (Å²) in [6, 6.07) is 57.5. The first-order chi connectivity index (χ1) is 26.7. The zero-order valence-electron chi connectivity index (χ0n) is 29.1. The van der Waals surface area contributed by atoms with Crippen molar-refractivity contribution in [3.8, 4) is 22.3 Å². The van der Waals surface area contributed by atoms with Crippen LogP contribution < -0.4 is 0 Å². The number of hydrogen-bond acceptors (Lipinski definition) is 3. The Labute approximate surface area is 309 Å². The van der Waals surface area contributed by atoms with Crippen LogP contribution in [-0.2, 0) is 0 Å². The molecule has 0 aliphatic heterocycles. The van der Waals surface area contributed by atoms with Crippen LogP contribution in [0.25, 0.3) is 120 Å². The minimum atomic E-state index is 0.988. The highest BCUT2D eigenvalue weighted by Crippen LogP contribution is 2.39. The maximum Gasteiger partial charge on any atom is 0.0787 e. The lowest BCUT2D eigenvalue weighted by Gasteiger charge is -2.13. The number of benzene rings is 9. The molecule has 0 aliphatic rings. The second-order valence-corrected chi connectivity index (χ2v) is 14.4. The summed E-state index contributed by atoms with van der Waals surface area (Å²) in [6.07, 6.45) is 5.81. The Morgan fingerprint density at radius 1 is 0.296 bits per heavy atom. The van der Waals surface area contributed by atoms with Crippen molar-refractivity contribution >= 4 is 97.3 Å². The van der Waals surface area contributed by atoms with Gasteiger partial charge in [0.05, 0.1) is 16.6 Å². The lowest BCUT2D eigenvalue weighted by Crippen LogP contribution is -1.90. The van der Waals surface area contributed by atoms with E-state index in [9.17, 15) is 0 Å². The average molecular weight is 684 g/mol. The van der Waals surface area contributed by atoms with Crippen LogP contribution >= 0.6 is 0 Å². The van der Waals surface area contributed by atoms with E-state index in [1.165, 1.54) is 65.0 Å². The van der Waals surface area contributed by atoms with Crippen molar-refractivity contribution in [2.45, 2.75) is 0 Å². The fraction of sp³-hybridized carbons (Fsp3) is 0. The number of fused-ring (bicyclic) bond motifs is 14. The minimum absolute atomic E-state index is 0.988. The highest BCUT2D eigenvalue weighted by molar-refractivity contribution is 6.21. The van der Waals surface area contributed by atoms with Crippen LogP contribution in [0.4, 0.5) is 0 Å². The van der Waals surface area contributed by atoms with Crippen molar-refractivity contribution in [3.05, 3.63) is 176 Å². The van der Waals surface area contributed by atoms with E-state index >= 15 is 0 Å². The molecular weight excluding hydrogens is 655 g/mol. The molecule has 54 heavy (non-hydrogen) atoms. The molecular formula is C51H29N3. The Kier molecular flexibility index (Phi) is 6.05. The third kappa shape index (κ3) is 4.33. The molecule has 248 valence electrons. The first-order valence-electron chi connectivity index (χ1n) is 18.4. The van der Waals surface area contributed by atoms with E-state index in [0.29, 0.717) is 0 Å². The van der Waals surface area contributed by atoms with E-state index in [-0.39, 0.29) is 0 Å². The lowest BCUT2D eigenvalue weighted by molar-refractivity contribution is 1.41. The summed E-state index contributed by atoms with van der Waals surface area (Å²) in [7, 11) is 0. The highest BCUT2D eigenvalue weighted by Gasteiger charge is 2.14. The third-order valence-corrected chi connectivity index (χ3v) is 11.5. The summed E-state index contributed by atoms with van der Waals surface area (Å²) in [5.74, 6) is 0. The van der Waals surface area contributed by atoms with Gasteiger partial charge in [-0.3, -0.25) is 15.0 Å². The molecule has 0 saturated carbocycles. The molecule has 0 saturated heterocycles. The molecule has 0 atom stereocenters. The van der Waals surface area contributed by atoms with E-state index in [2.05, 4.69) is 157 Å². The number of aromatic nitrogens is 3. The Morgan fingerprint density at radius 2 is 0.944 bits per heavy atom. The molecule has 0 bridgehead atoms. The maximum atomic E-state index is 5.08. The van der Waals surface area contributed by atoms with Crippen LogP contribution in [-0.4, -0.2) is 15.0 Å². The van der Waals surface area contributed by atoms with E-state index in [1.807, 2.05) is 24.7 Å². The molecule has 0 radical (unpaired) electrons. The third-order valence-electron chi connectivity index (χ3n) is 11.5. The Morgan fingerprint density at radius 3 is 1.89 bits per heavy atom. The molecule has 3 aromatic heterocycles. The Balaban J connectivity index is 0.950. The molecule has 12 aromatic rings. The smallest absolute Gasteiger partial charge is 0.0787 e. The quantitative estimate of drug-likeness (QED) is 0.134. The summed E-state index contributed by atoms with van der Waals surface area (Å²) >= 11 is 0. The lowest BCUT2D eigenvalue weighted by atomic mass is 9.92.